The number of benzene rings is 1. The van der Waals surface area contributed by atoms with E-state index < -0.39 is 11.2 Å². The van der Waals surface area contributed by atoms with Crippen molar-refractivity contribution in [2.75, 3.05) is 0 Å². The van der Waals surface area contributed by atoms with Crippen LogP contribution in [-0.2, 0) is 11.3 Å². The highest BCUT2D eigenvalue weighted by molar-refractivity contribution is 5.95. The van der Waals surface area contributed by atoms with E-state index in [1.807, 2.05) is 20.8 Å². The van der Waals surface area contributed by atoms with E-state index in [1.54, 1.807) is 6.07 Å². The van der Waals surface area contributed by atoms with Crippen LogP contribution in [0.2, 0.25) is 0 Å². The van der Waals surface area contributed by atoms with Crippen LogP contribution < -0.4 is 11.1 Å². The number of nitrogen functional groups attached to an aromatic ring is 1. The molecule has 1 aromatic carbocycles. The van der Waals surface area contributed by atoms with E-state index in [0.717, 1.165) is 0 Å². The molecule has 0 spiro atoms. The zero-order valence-corrected chi connectivity index (χ0v) is 12.0. The summed E-state index contributed by atoms with van der Waals surface area (Å²) in [5, 5.41) is 9.99. The normalized spacial score (nSPS) is 10.5. The van der Waals surface area contributed by atoms with Gasteiger partial charge in [0.2, 0.25) is 5.91 Å². The maximum absolute atomic E-state index is 13.3. The van der Waals surface area contributed by atoms with E-state index in [-0.39, 0.29) is 36.3 Å². The molecule has 0 aliphatic carbocycles. The van der Waals surface area contributed by atoms with Gasteiger partial charge in [-0.25, -0.2) is 4.39 Å². The molecule has 0 aromatic heterocycles. The first-order valence-corrected chi connectivity index (χ1v) is 5.63. The van der Waals surface area contributed by atoms with Crippen LogP contribution in [0.3, 0.4) is 0 Å². The largest absolute Gasteiger partial charge is 0.384 e. The standard InChI is InChI=1S/C13H18FN3O.ClH/c1-13(2,3)12(18)17-7-8-4-5-10(14)9(6-8)11(15)16;/h4-6H,7H2,1-3H3,(H3,15,16)(H,17,18);1H. The van der Waals surface area contributed by atoms with Crippen molar-refractivity contribution >= 4 is 24.1 Å². The second kappa shape index (κ2) is 6.52. The molecule has 0 aliphatic rings. The Bertz CT molecular complexity index is 483. The summed E-state index contributed by atoms with van der Waals surface area (Å²) in [4.78, 5) is 11.7. The van der Waals surface area contributed by atoms with E-state index in [2.05, 4.69) is 5.32 Å². The summed E-state index contributed by atoms with van der Waals surface area (Å²) < 4.78 is 13.3. The third kappa shape index (κ3) is 4.87. The topological polar surface area (TPSA) is 79.0 Å². The molecule has 106 valence electrons. The van der Waals surface area contributed by atoms with Crippen molar-refractivity contribution in [2.24, 2.45) is 11.1 Å². The Morgan fingerprint density at radius 3 is 2.47 bits per heavy atom. The number of hydrogen-bond donors (Lipinski definition) is 3. The Labute approximate surface area is 118 Å². The van der Waals surface area contributed by atoms with Crippen molar-refractivity contribution < 1.29 is 9.18 Å². The van der Waals surface area contributed by atoms with E-state index in [9.17, 15) is 9.18 Å². The molecular weight excluding hydrogens is 269 g/mol. The van der Waals surface area contributed by atoms with Crippen LogP contribution in [0.4, 0.5) is 4.39 Å². The Morgan fingerprint density at radius 1 is 1.42 bits per heavy atom. The van der Waals surface area contributed by atoms with Crippen LogP contribution in [0, 0.1) is 16.6 Å². The summed E-state index contributed by atoms with van der Waals surface area (Å²) in [6, 6.07) is 4.28. The minimum atomic E-state index is -0.534. The number of hydrogen-bond acceptors (Lipinski definition) is 2. The molecule has 1 amide bonds. The first kappa shape index (κ1) is 17.4. The van der Waals surface area contributed by atoms with Crippen LogP contribution in [0.5, 0.6) is 0 Å². The smallest absolute Gasteiger partial charge is 0.225 e. The predicted molar refractivity (Wildman–Crippen MR) is 76.0 cm³/mol. The van der Waals surface area contributed by atoms with Gasteiger partial charge in [-0.3, -0.25) is 10.2 Å². The SMILES string of the molecule is CC(C)(C)C(=O)NCc1ccc(F)c(C(=N)N)c1.Cl. The number of carbonyl (C=O) groups excluding carboxylic acids is 1. The summed E-state index contributed by atoms with van der Waals surface area (Å²) in [5.74, 6) is -0.943. The number of nitrogens with one attached hydrogen (secondary N) is 2. The van der Waals surface area contributed by atoms with Crippen LogP contribution in [0.25, 0.3) is 0 Å². The van der Waals surface area contributed by atoms with Gasteiger partial charge in [-0.1, -0.05) is 26.8 Å². The molecule has 0 aliphatic heterocycles. The van der Waals surface area contributed by atoms with Crippen LogP contribution in [0.1, 0.15) is 31.9 Å². The summed E-state index contributed by atoms with van der Waals surface area (Å²) in [6.07, 6.45) is 0. The van der Waals surface area contributed by atoms with Gasteiger partial charge in [0, 0.05) is 12.0 Å². The van der Waals surface area contributed by atoms with Gasteiger partial charge in [0.25, 0.3) is 0 Å². The molecule has 0 bridgehead atoms. The van der Waals surface area contributed by atoms with Crippen LogP contribution in [-0.4, -0.2) is 11.7 Å². The second-order valence-corrected chi connectivity index (χ2v) is 5.16. The Hall–Kier alpha value is -1.62. The molecule has 0 saturated heterocycles. The monoisotopic (exact) mass is 287 g/mol. The lowest BCUT2D eigenvalue weighted by Gasteiger charge is -2.17. The van der Waals surface area contributed by atoms with Gasteiger partial charge in [-0.2, -0.15) is 0 Å². The molecule has 0 atom stereocenters. The lowest BCUT2D eigenvalue weighted by atomic mass is 9.95. The van der Waals surface area contributed by atoms with Crippen LogP contribution >= 0.6 is 12.4 Å². The molecule has 0 fully saturated rings. The van der Waals surface area contributed by atoms with Crippen molar-refractivity contribution in [3.05, 3.63) is 35.1 Å². The Balaban J connectivity index is 0.00000324. The summed E-state index contributed by atoms with van der Waals surface area (Å²) in [6.45, 7) is 5.73. The van der Waals surface area contributed by atoms with E-state index in [4.69, 9.17) is 11.1 Å². The molecule has 0 saturated carbocycles. The number of nitrogens with two attached hydrogens (primary N) is 1. The van der Waals surface area contributed by atoms with Gasteiger partial charge in [0.1, 0.15) is 11.7 Å². The Kier molecular flexibility index (Phi) is 5.96. The number of carbonyl (C=O) groups is 1. The number of halogens is 2. The molecule has 4 N–H and O–H groups in total. The van der Waals surface area contributed by atoms with Crippen molar-refractivity contribution in [3.8, 4) is 0 Å². The third-order valence-corrected chi connectivity index (χ3v) is 2.46. The molecular formula is C13H19ClFN3O. The first-order chi connectivity index (χ1) is 8.21. The molecule has 0 unspecified atom stereocenters. The summed E-state index contributed by atoms with van der Waals surface area (Å²) in [7, 11) is 0. The molecule has 0 radical (unpaired) electrons. The maximum Gasteiger partial charge on any atom is 0.225 e. The Morgan fingerprint density at radius 2 is 2.00 bits per heavy atom. The average Bonchev–Trinajstić information content (AvgIpc) is 2.25. The third-order valence-electron chi connectivity index (χ3n) is 2.46. The van der Waals surface area contributed by atoms with Crippen molar-refractivity contribution in [1.82, 2.24) is 5.32 Å². The number of amidine groups is 1. The first-order valence-electron chi connectivity index (χ1n) is 5.63. The highest BCUT2D eigenvalue weighted by Gasteiger charge is 2.20. The average molecular weight is 288 g/mol. The van der Waals surface area contributed by atoms with Crippen molar-refractivity contribution in [1.29, 1.82) is 5.41 Å². The molecule has 0 heterocycles. The van der Waals surface area contributed by atoms with Gasteiger partial charge >= 0.3 is 0 Å². The quantitative estimate of drug-likeness (QED) is 0.588. The number of amides is 1. The van der Waals surface area contributed by atoms with Crippen molar-refractivity contribution in [2.45, 2.75) is 27.3 Å². The lowest BCUT2D eigenvalue weighted by molar-refractivity contribution is -0.128. The van der Waals surface area contributed by atoms with E-state index in [1.165, 1.54) is 12.1 Å². The van der Waals surface area contributed by atoms with Gasteiger partial charge in [0.15, 0.2) is 0 Å². The van der Waals surface area contributed by atoms with Gasteiger partial charge in [-0.15, -0.1) is 12.4 Å². The number of rotatable bonds is 3. The van der Waals surface area contributed by atoms with E-state index >= 15 is 0 Å². The zero-order chi connectivity index (χ0) is 13.9. The zero-order valence-electron chi connectivity index (χ0n) is 11.2. The highest BCUT2D eigenvalue weighted by atomic mass is 35.5. The predicted octanol–water partition coefficient (Wildman–Crippen LogP) is 2.19. The fourth-order valence-corrected chi connectivity index (χ4v) is 1.34. The molecule has 1 rings (SSSR count). The fraction of sp³-hybridized carbons (Fsp3) is 0.385. The summed E-state index contributed by atoms with van der Waals surface area (Å²) >= 11 is 0. The molecule has 4 nitrogen and oxygen atoms in total. The fourth-order valence-electron chi connectivity index (χ4n) is 1.34. The van der Waals surface area contributed by atoms with Gasteiger partial charge in [-0.05, 0) is 17.7 Å². The van der Waals surface area contributed by atoms with Crippen LogP contribution in [0.15, 0.2) is 18.2 Å². The second-order valence-electron chi connectivity index (χ2n) is 5.16. The minimum Gasteiger partial charge on any atom is -0.384 e. The summed E-state index contributed by atoms with van der Waals surface area (Å²) in [5.41, 5.74) is 5.56. The molecule has 1 aromatic rings. The minimum absolute atomic E-state index is 0. The van der Waals surface area contributed by atoms with Gasteiger partial charge in [0.05, 0.1) is 5.56 Å². The molecule has 19 heavy (non-hydrogen) atoms. The molecule has 6 heteroatoms. The van der Waals surface area contributed by atoms with Crippen molar-refractivity contribution in [3.63, 3.8) is 0 Å². The highest BCUT2D eigenvalue weighted by Crippen LogP contribution is 2.14. The van der Waals surface area contributed by atoms with E-state index in [0.29, 0.717) is 5.56 Å². The maximum atomic E-state index is 13.3. The lowest BCUT2D eigenvalue weighted by Crippen LogP contribution is -2.34. The van der Waals surface area contributed by atoms with Gasteiger partial charge < -0.3 is 11.1 Å².